The second kappa shape index (κ2) is 5.30. The van der Waals surface area contributed by atoms with Gasteiger partial charge in [0.25, 0.3) is 0 Å². The van der Waals surface area contributed by atoms with Gasteiger partial charge in [-0.15, -0.1) is 11.3 Å². The van der Waals surface area contributed by atoms with E-state index in [2.05, 4.69) is 30.2 Å². The van der Waals surface area contributed by atoms with Gasteiger partial charge in [0.15, 0.2) is 0 Å². The third-order valence-corrected chi connectivity index (χ3v) is 4.80. The van der Waals surface area contributed by atoms with Crippen molar-refractivity contribution in [1.29, 1.82) is 0 Å². The number of rotatable bonds is 4. The average Bonchev–Trinajstić information content (AvgIpc) is 2.77. The zero-order chi connectivity index (χ0) is 11.5. The first-order chi connectivity index (χ1) is 7.76. The highest BCUT2D eigenvalue weighted by molar-refractivity contribution is 7.10. The van der Waals surface area contributed by atoms with Crippen LogP contribution in [0.1, 0.15) is 36.8 Å². The predicted octanol–water partition coefficient (Wildman–Crippen LogP) is 2.65. The lowest BCUT2D eigenvalue weighted by Crippen LogP contribution is -2.38. The minimum atomic E-state index is 0.579. The Balaban J connectivity index is 2.04. The molecule has 1 aromatic rings. The van der Waals surface area contributed by atoms with Gasteiger partial charge in [-0.05, 0) is 42.8 Å². The van der Waals surface area contributed by atoms with Gasteiger partial charge in [-0.1, -0.05) is 13.3 Å². The number of hydrogen-bond donors (Lipinski definition) is 1. The monoisotopic (exact) mass is 238 g/mol. The van der Waals surface area contributed by atoms with E-state index in [1.807, 2.05) is 11.3 Å². The molecule has 0 saturated carbocycles. The van der Waals surface area contributed by atoms with E-state index in [4.69, 9.17) is 5.73 Å². The highest BCUT2D eigenvalue weighted by Gasteiger charge is 2.25. The lowest BCUT2D eigenvalue weighted by Gasteiger charge is -2.35. The molecule has 0 amide bonds. The summed E-state index contributed by atoms with van der Waals surface area (Å²) in [6.45, 7) is 7.74. The molecule has 16 heavy (non-hydrogen) atoms. The molecule has 1 aliphatic rings. The molecule has 90 valence electrons. The fraction of sp³-hybridized carbons (Fsp3) is 0.692. The van der Waals surface area contributed by atoms with Gasteiger partial charge < -0.3 is 5.73 Å². The fourth-order valence-electron chi connectivity index (χ4n) is 2.51. The van der Waals surface area contributed by atoms with Gasteiger partial charge >= 0.3 is 0 Å². The standard InChI is InChI=1S/C13H22N2S/c1-3-11(8-14)9-15-6-4-13-12(10(15)2)5-7-16-13/h5,7,10-11H,3-4,6,8-9,14H2,1-2H3. The maximum absolute atomic E-state index is 5.80. The lowest BCUT2D eigenvalue weighted by molar-refractivity contribution is 0.168. The van der Waals surface area contributed by atoms with Crippen molar-refractivity contribution in [3.8, 4) is 0 Å². The SMILES string of the molecule is CCC(CN)CN1CCc2sccc2C1C. The molecule has 2 heterocycles. The third-order valence-electron chi connectivity index (χ3n) is 3.81. The zero-order valence-corrected chi connectivity index (χ0v) is 11.1. The van der Waals surface area contributed by atoms with Gasteiger partial charge in [0, 0.05) is 24.0 Å². The summed E-state index contributed by atoms with van der Waals surface area (Å²) < 4.78 is 0. The van der Waals surface area contributed by atoms with Crippen molar-refractivity contribution in [3.05, 3.63) is 21.9 Å². The molecule has 2 nitrogen and oxygen atoms in total. The minimum absolute atomic E-state index is 0.579. The molecule has 0 aromatic carbocycles. The van der Waals surface area contributed by atoms with Gasteiger partial charge in [-0.3, -0.25) is 4.90 Å². The van der Waals surface area contributed by atoms with Crippen LogP contribution in [0.2, 0.25) is 0 Å². The molecule has 0 aliphatic carbocycles. The quantitative estimate of drug-likeness (QED) is 0.874. The maximum atomic E-state index is 5.80. The van der Waals surface area contributed by atoms with Gasteiger partial charge in [0.2, 0.25) is 0 Å². The first kappa shape index (κ1) is 12.1. The molecule has 3 heteroatoms. The number of fused-ring (bicyclic) bond motifs is 1. The summed E-state index contributed by atoms with van der Waals surface area (Å²) in [7, 11) is 0. The maximum Gasteiger partial charge on any atom is 0.0331 e. The second-order valence-electron chi connectivity index (χ2n) is 4.73. The van der Waals surface area contributed by atoms with Crippen LogP contribution in [0.25, 0.3) is 0 Å². The Kier molecular flexibility index (Phi) is 4.00. The van der Waals surface area contributed by atoms with E-state index < -0.39 is 0 Å². The van der Waals surface area contributed by atoms with Crippen molar-refractivity contribution in [2.45, 2.75) is 32.7 Å². The van der Waals surface area contributed by atoms with Gasteiger partial charge in [0.05, 0.1) is 0 Å². The summed E-state index contributed by atoms with van der Waals surface area (Å²) in [5.74, 6) is 0.655. The molecule has 2 N–H and O–H groups in total. The van der Waals surface area contributed by atoms with E-state index in [9.17, 15) is 0 Å². The van der Waals surface area contributed by atoms with Crippen LogP contribution in [-0.2, 0) is 6.42 Å². The van der Waals surface area contributed by atoms with Crippen molar-refractivity contribution in [3.63, 3.8) is 0 Å². The Bertz CT molecular complexity index is 330. The Morgan fingerprint density at radius 3 is 3.12 bits per heavy atom. The zero-order valence-electron chi connectivity index (χ0n) is 10.3. The van der Waals surface area contributed by atoms with Crippen LogP contribution >= 0.6 is 11.3 Å². The molecular weight excluding hydrogens is 216 g/mol. The largest absolute Gasteiger partial charge is 0.330 e. The van der Waals surface area contributed by atoms with E-state index in [1.165, 1.54) is 19.4 Å². The molecule has 2 rings (SSSR count). The smallest absolute Gasteiger partial charge is 0.0331 e. The molecule has 1 aromatic heterocycles. The van der Waals surface area contributed by atoms with E-state index in [0.717, 1.165) is 13.1 Å². The topological polar surface area (TPSA) is 29.3 Å². The summed E-state index contributed by atoms with van der Waals surface area (Å²) >= 11 is 1.91. The summed E-state index contributed by atoms with van der Waals surface area (Å²) in [6, 6.07) is 2.87. The predicted molar refractivity (Wildman–Crippen MR) is 70.8 cm³/mol. The Morgan fingerprint density at radius 1 is 1.62 bits per heavy atom. The normalized spacial score (nSPS) is 23.1. The van der Waals surface area contributed by atoms with Crippen molar-refractivity contribution in [1.82, 2.24) is 4.90 Å². The van der Waals surface area contributed by atoms with Gasteiger partial charge in [0.1, 0.15) is 0 Å². The fourth-order valence-corrected chi connectivity index (χ4v) is 3.48. The molecule has 0 spiro atoms. The van der Waals surface area contributed by atoms with Crippen LogP contribution in [0.15, 0.2) is 11.4 Å². The molecule has 2 atom stereocenters. The molecular formula is C13H22N2S. The van der Waals surface area contributed by atoms with Crippen molar-refractivity contribution in [2.24, 2.45) is 11.7 Å². The van der Waals surface area contributed by atoms with E-state index in [1.54, 1.807) is 10.4 Å². The van der Waals surface area contributed by atoms with Crippen molar-refractivity contribution < 1.29 is 0 Å². The molecule has 0 saturated heterocycles. The Morgan fingerprint density at radius 2 is 2.44 bits per heavy atom. The van der Waals surface area contributed by atoms with Gasteiger partial charge in [-0.2, -0.15) is 0 Å². The first-order valence-electron chi connectivity index (χ1n) is 6.26. The molecule has 2 unspecified atom stereocenters. The van der Waals surface area contributed by atoms with Crippen LogP contribution < -0.4 is 5.73 Å². The van der Waals surface area contributed by atoms with Crippen LogP contribution in [0.4, 0.5) is 0 Å². The minimum Gasteiger partial charge on any atom is -0.330 e. The number of nitrogens with two attached hydrogens (primary N) is 1. The Hall–Kier alpha value is -0.380. The van der Waals surface area contributed by atoms with Crippen molar-refractivity contribution in [2.75, 3.05) is 19.6 Å². The van der Waals surface area contributed by atoms with Crippen LogP contribution in [0.5, 0.6) is 0 Å². The summed E-state index contributed by atoms with van der Waals surface area (Å²) in [6.07, 6.45) is 2.41. The van der Waals surface area contributed by atoms with E-state index in [0.29, 0.717) is 12.0 Å². The number of nitrogens with zero attached hydrogens (tertiary/aromatic N) is 1. The molecule has 0 radical (unpaired) electrons. The number of hydrogen-bond acceptors (Lipinski definition) is 3. The first-order valence-corrected chi connectivity index (χ1v) is 7.14. The summed E-state index contributed by atoms with van der Waals surface area (Å²) in [4.78, 5) is 4.18. The number of thiophene rings is 1. The average molecular weight is 238 g/mol. The lowest BCUT2D eigenvalue weighted by atomic mass is 9.98. The van der Waals surface area contributed by atoms with Crippen LogP contribution in [0.3, 0.4) is 0 Å². The second-order valence-corrected chi connectivity index (χ2v) is 5.73. The van der Waals surface area contributed by atoms with Gasteiger partial charge in [-0.25, -0.2) is 0 Å². The van der Waals surface area contributed by atoms with Crippen molar-refractivity contribution >= 4 is 11.3 Å². The molecule has 0 bridgehead atoms. The van der Waals surface area contributed by atoms with E-state index in [-0.39, 0.29) is 0 Å². The Labute approximate surface area is 102 Å². The summed E-state index contributed by atoms with van der Waals surface area (Å²) in [5, 5.41) is 2.23. The van der Waals surface area contributed by atoms with E-state index >= 15 is 0 Å². The highest BCUT2D eigenvalue weighted by atomic mass is 32.1. The summed E-state index contributed by atoms with van der Waals surface area (Å²) in [5.41, 5.74) is 7.34. The molecule has 1 aliphatic heterocycles. The van der Waals surface area contributed by atoms with Crippen LogP contribution in [0, 0.1) is 5.92 Å². The third kappa shape index (κ3) is 2.31. The highest BCUT2D eigenvalue weighted by Crippen LogP contribution is 2.33. The van der Waals surface area contributed by atoms with Crippen LogP contribution in [-0.4, -0.2) is 24.5 Å². The molecule has 0 fully saturated rings.